The summed E-state index contributed by atoms with van der Waals surface area (Å²) in [6.07, 6.45) is -4.49. The molecule has 0 radical (unpaired) electrons. The summed E-state index contributed by atoms with van der Waals surface area (Å²) in [5, 5.41) is 0.210. The van der Waals surface area contributed by atoms with Crippen LogP contribution >= 0.6 is 11.6 Å². The molecule has 0 amide bonds. The van der Waals surface area contributed by atoms with Crippen LogP contribution in [0.15, 0.2) is 42.5 Å². The highest BCUT2D eigenvalue weighted by Crippen LogP contribution is 2.39. The predicted octanol–water partition coefficient (Wildman–Crippen LogP) is 5.17. The molecule has 0 heterocycles. The van der Waals surface area contributed by atoms with Gasteiger partial charge in [-0.3, -0.25) is 0 Å². The molecule has 0 unspecified atom stereocenters. The minimum Gasteiger partial charge on any atom is -0.455 e. The van der Waals surface area contributed by atoms with Gasteiger partial charge in [-0.15, -0.1) is 0 Å². The minimum absolute atomic E-state index is 0.151. The lowest BCUT2D eigenvalue weighted by atomic mass is 10.1. The minimum atomic E-state index is -4.49. The Kier molecular flexibility index (Phi) is 4.44. The van der Waals surface area contributed by atoms with Crippen LogP contribution < -0.4 is 10.5 Å². The summed E-state index contributed by atoms with van der Waals surface area (Å²) in [6, 6.07) is 9.51. The average Bonchev–Trinajstić information content (AvgIpc) is 2.40. The van der Waals surface area contributed by atoms with E-state index in [1.165, 1.54) is 24.3 Å². The van der Waals surface area contributed by atoms with E-state index in [1.54, 1.807) is 19.1 Å². The third kappa shape index (κ3) is 3.68. The molecule has 0 spiro atoms. The van der Waals surface area contributed by atoms with Gasteiger partial charge in [0.15, 0.2) is 0 Å². The summed E-state index contributed by atoms with van der Waals surface area (Å²) in [4.78, 5) is 0. The molecule has 2 rings (SSSR count). The Bertz CT molecular complexity index is 641. The monoisotopic (exact) mass is 315 g/mol. The molecule has 0 aromatic heterocycles. The molecule has 112 valence electrons. The van der Waals surface area contributed by atoms with Crippen LogP contribution in [-0.4, -0.2) is 0 Å². The van der Waals surface area contributed by atoms with Gasteiger partial charge in [0, 0.05) is 6.04 Å². The van der Waals surface area contributed by atoms with Crippen molar-refractivity contribution < 1.29 is 17.9 Å². The second-order valence-corrected chi connectivity index (χ2v) is 4.98. The van der Waals surface area contributed by atoms with Gasteiger partial charge in [-0.1, -0.05) is 29.8 Å². The summed E-state index contributed by atoms with van der Waals surface area (Å²) in [7, 11) is 0. The Balaban J connectivity index is 2.35. The Labute approximate surface area is 125 Å². The third-order valence-corrected chi connectivity index (χ3v) is 3.19. The molecule has 2 aromatic carbocycles. The third-order valence-electron chi connectivity index (χ3n) is 2.89. The van der Waals surface area contributed by atoms with Crippen LogP contribution in [0.5, 0.6) is 11.5 Å². The van der Waals surface area contributed by atoms with E-state index in [1.807, 2.05) is 0 Å². The second-order valence-electron chi connectivity index (χ2n) is 4.57. The van der Waals surface area contributed by atoms with Gasteiger partial charge in [0.1, 0.15) is 11.5 Å². The lowest BCUT2D eigenvalue weighted by molar-refractivity contribution is -0.138. The highest BCUT2D eigenvalue weighted by atomic mass is 35.5. The molecular formula is C15H13ClF3NO. The predicted molar refractivity (Wildman–Crippen MR) is 75.6 cm³/mol. The molecule has 6 heteroatoms. The van der Waals surface area contributed by atoms with Crippen LogP contribution in [0.2, 0.25) is 5.02 Å². The number of para-hydroxylation sites is 1. The van der Waals surface area contributed by atoms with Gasteiger partial charge in [0.05, 0.1) is 10.6 Å². The molecule has 2 aromatic rings. The topological polar surface area (TPSA) is 35.2 Å². The first-order chi connectivity index (χ1) is 9.79. The van der Waals surface area contributed by atoms with Crippen molar-refractivity contribution in [3.8, 4) is 11.5 Å². The van der Waals surface area contributed by atoms with E-state index in [0.717, 1.165) is 11.6 Å². The molecule has 2 N–H and O–H groups in total. The molecule has 0 bridgehead atoms. The zero-order valence-electron chi connectivity index (χ0n) is 11.1. The molecule has 1 atom stereocenters. The van der Waals surface area contributed by atoms with Crippen molar-refractivity contribution in [1.29, 1.82) is 0 Å². The Morgan fingerprint density at radius 3 is 2.33 bits per heavy atom. The number of hydrogen-bond donors (Lipinski definition) is 1. The van der Waals surface area contributed by atoms with Crippen molar-refractivity contribution in [1.82, 2.24) is 0 Å². The normalized spacial score (nSPS) is 13.0. The quantitative estimate of drug-likeness (QED) is 0.848. The van der Waals surface area contributed by atoms with Crippen molar-refractivity contribution in [3.63, 3.8) is 0 Å². The van der Waals surface area contributed by atoms with Crippen molar-refractivity contribution >= 4 is 11.6 Å². The molecule has 0 saturated carbocycles. The van der Waals surface area contributed by atoms with E-state index >= 15 is 0 Å². The SMILES string of the molecule is C[C@@H](N)c1ccc(Oc2ccccc2C(F)(F)F)c(Cl)c1. The van der Waals surface area contributed by atoms with E-state index in [2.05, 4.69) is 0 Å². The molecule has 0 fully saturated rings. The van der Waals surface area contributed by atoms with Crippen molar-refractivity contribution in [2.75, 3.05) is 0 Å². The van der Waals surface area contributed by atoms with E-state index in [4.69, 9.17) is 22.1 Å². The van der Waals surface area contributed by atoms with E-state index in [-0.39, 0.29) is 22.6 Å². The lowest BCUT2D eigenvalue weighted by Crippen LogP contribution is -2.07. The zero-order valence-corrected chi connectivity index (χ0v) is 11.9. The maximum Gasteiger partial charge on any atom is 0.419 e. The fraction of sp³-hybridized carbons (Fsp3) is 0.200. The van der Waals surface area contributed by atoms with E-state index in [9.17, 15) is 13.2 Å². The smallest absolute Gasteiger partial charge is 0.419 e. The average molecular weight is 316 g/mol. The number of alkyl halides is 3. The van der Waals surface area contributed by atoms with Crippen LogP contribution in [0.3, 0.4) is 0 Å². The molecule has 0 aliphatic heterocycles. The standard InChI is InChI=1S/C15H13ClF3NO/c1-9(20)10-6-7-14(12(16)8-10)21-13-5-3-2-4-11(13)15(17,18)19/h2-9H,20H2,1H3/t9-/m1/s1. The van der Waals surface area contributed by atoms with Crippen molar-refractivity contribution in [2.24, 2.45) is 5.73 Å². The first-order valence-corrected chi connectivity index (χ1v) is 6.56. The Morgan fingerprint density at radius 2 is 1.76 bits per heavy atom. The fourth-order valence-electron chi connectivity index (χ4n) is 1.79. The first-order valence-electron chi connectivity index (χ1n) is 6.18. The van der Waals surface area contributed by atoms with Gasteiger partial charge >= 0.3 is 6.18 Å². The van der Waals surface area contributed by atoms with Gasteiger partial charge in [-0.05, 0) is 36.8 Å². The van der Waals surface area contributed by atoms with Crippen LogP contribution in [0.1, 0.15) is 24.1 Å². The zero-order chi connectivity index (χ0) is 15.6. The number of benzene rings is 2. The highest BCUT2D eigenvalue weighted by Gasteiger charge is 2.34. The van der Waals surface area contributed by atoms with Crippen LogP contribution in [0.4, 0.5) is 13.2 Å². The Morgan fingerprint density at radius 1 is 1.10 bits per heavy atom. The summed E-state index contributed by atoms with van der Waals surface area (Å²) in [5.74, 6) is -0.141. The number of ether oxygens (including phenoxy) is 1. The fourth-order valence-corrected chi connectivity index (χ4v) is 2.02. The van der Waals surface area contributed by atoms with Gasteiger partial charge in [-0.2, -0.15) is 13.2 Å². The number of rotatable bonds is 3. The molecule has 0 aliphatic carbocycles. The molecule has 21 heavy (non-hydrogen) atoms. The largest absolute Gasteiger partial charge is 0.455 e. The molecule has 0 saturated heterocycles. The molecule has 0 aliphatic rings. The lowest BCUT2D eigenvalue weighted by Gasteiger charge is -2.15. The van der Waals surface area contributed by atoms with Gasteiger partial charge in [0.2, 0.25) is 0 Å². The number of hydrogen-bond acceptors (Lipinski definition) is 2. The highest BCUT2D eigenvalue weighted by molar-refractivity contribution is 6.32. The first kappa shape index (κ1) is 15.7. The molecule has 2 nitrogen and oxygen atoms in total. The van der Waals surface area contributed by atoms with Gasteiger partial charge in [0.25, 0.3) is 0 Å². The van der Waals surface area contributed by atoms with Crippen molar-refractivity contribution in [2.45, 2.75) is 19.1 Å². The summed E-state index contributed by atoms with van der Waals surface area (Å²) in [6.45, 7) is 1.78. The van der Waals surface area contributed by atoms with E-state index in [0.29, 0.717) is 0 Å². The summed E-state index contributed by atoms with van der Waals surface area (Å²) in [5.41, 5.74) is 5.64. The number of nitrogens with two attached hydrogens (primary N) is 1. The van der Waals surface area contributed by atoms with E-state index < -0.39 is 11.7 Å². The maximum atomic E-state index is 12.9. The summed E-state index contributed by atoms with van der Waals surface area (Å²) < 4.78 is 44.0. The van der Waals surface area contributed by atoms with Crippen molar-refractivity contribution in [3.05, 3.63) is 58.6 Å². The van der Waals surface area contributed by atoms with Crippen LogP contribution in [0, 0.1) is 0 Å². The maximum absolute atomic E-state index is 12.9. The van der Waals surface area contributed by atoms with Crippen LogP contribution in [0.25, 0.3) is 0 Å². The summed E-state index contributed by atoms with van der Waals surface area (Å²) >= 11 is 6.03. The van der Waals surface area contributed by atoms with Gasteiger partial charge < -0.3 is 10.5 Å². The number of halogens is 4. The Hall–Kier alpha value is -1.72. The molecular weight excluding hydrogens is 303 g/mol. The van der Waals surface area contributed by atoms with Gasteiger partial charge in [-0.25, -0.2) is 0 Å². The second kappa shape index (κ2) is 5.95. The van der Waals surface area contributed by atoms with Crippen LogP contribution in [-0.2, 0) is 6.18 Å².